The van der Waals surface area contributed by atoms with Gasteiger partial charge in [0.25, 0.3) is 0 Å². The highest BCUT2D eigenvalue weighted by Gasteiger charge is 2.13. The number of phenolic OH excluding ortho intramolecular Hbond substituents is 1. The fraction of sp³-hybridized carbons (Fsp3) is 0. The molecule has 72 valence electrons. The second-order valence-electron chi connectivity index (χ2n) is 2.67. The Bertz CT molecular complexity index is 517. The largest absolute Gasteiger partial charge is 0.507 e. The van der Waals surface area contributed by atoms with Gasteiger partial charge in [-0.15, -0.1) is 0 Å². The van der Waals surface area contributed by atoms with Gasteiger partial charge in [0.1, 0.15) is 23.7 Å². The normalized spacial score (nSPS) is 10.7. The fourth-order valence-corrected chi connectivity index (χ4v) is 1.60. The van der Waals surface area contributed by atoms with Gasteiger partial charge in [-0.25, -0.2) is 14.4 Å². The maximum Gasteiger partial charge on any atom is 0.143 e. The zero-order chi connectivity index (χ0) is 10.3. The van der Waals surface area contributed by atoms with Crippen LogP contribution in [0.3, 0.4) is 0 Å². The summed E-state index contributed by atoms with van der Waals surface area (Å²) in [6.45, 7) is 0. The van der Waals surface area contributed by atoms with E-state index in [1.54, 1.807) is 0 Å². The van der Waals surface area contributed by atoms with E-state index in [1.165, 1.54) is 6.33 Å². The Hall–Kier alpha value is -1.43. The maximum absolute atomic E-state index is 13.1. The van der Waals surface area contributed by atoms with Gasteiger partial charge in [0.2, 0.25) is 0 Å². The molecule has 0 bridgehead atoms. The summed E-state index contributed by atoms with van der Waals surface area (Å²) in [7, 11) is 0. The Kier molecular flexibility index (Phi) is 1.99. The first-order valence-corrected chi connectivity index (χ1v) is 4.47. The van der Waals surface area contributed by atoms with Crippen LogP contribution in [0.5, 0.6) is 5.75 Å². The van der Waals surface area contributed by atoms with Gasteiger partial charge in [-0.3, -0.25) is 0 Å². The first kappa shape index (κ1) is 9.14. The van der Waals surface area contributed by atoms with Crippen molar-refractivity contribution in [3.05, 3.63) is 22.7 Å². The average molecular weight is 258 g/mol. The third-order valence-corrected chi connectivity index (χ3v) is 2.57. The number of fused-ring (bicyclic) bond motifs is 1. The molecule has 0 fully saturated rings. The predicted octanol–water partition coefficient (Wildman–Crippen LogP) is 1.82. The van der Waals surface area contributed by atoms with Crippen molar-refractivity contribution in [3.63, 3.8) is 0 Å². The molecule has 0 atom stereocenters. The van der Waals surface area contributed by atoms with Gasteiger partial charge in [0.15, 0.2) is 0 Å². The van der Waals surface area contributed by atoms with E-state index >= 15 is 0 Å². The van der Waals surface area contributed by atoms with Crippen molar-refractivity contribution in [3.8, 4) is 5.75 Å². The highest BCUT2D eigenvalue weighted by molar-refractivity contribution is 9.10. The molecule has 1 heterocycles. The van der Waals surface area contributed by atoms with Crippen molar-refractivity contribution in [2.75, 3.05) is 5.73 Å². The number of aromatic hydroxyl groups is 1. The van der Waals surface area contributed by atoms with E-state index in [-0.39, 0.29) is 26.9 Å². The van der Waals surface area contributed by atoms with Gasteiger partial charge in [-0.05, 0) is 15.9 Å². The summed E-state index contributed by atoms with van der Waals surface area (Å²) in [5, 5.41) is 9.69. The molecule has 0 aliphatic rings. The third kappa shape index (κ3) is 1.19. The number of halogens is 2. The van der Waals surface area contributed by atoms with E-state index in [1.807, 2.05) is 0 Å². The summed E-state index contributed by atoms with van der Waals surface area (Å²) in [5.74, 6) is -0.736. The molecule has 1 aromatic carbocycles. The van der Waals surface area contributed by atoms with Crippen LogP contribution in [-0.4, -0.2) is 15.1 Å². The number of nitrogens with two attached hydrogens (primary N) is 1. The topological polar surface area (TPSA) is 72.0 Å². The van der Waals surface area contributed by atoms with Crippen LogP contribution in [0, 0.1) is 5.82 Å². The van der Waals surface area contributed by atoms with Crippen LogP contribution in [0.15, 0.2) is 16.9 Å². The smallest absolute Gasteiger partial charge is 0.143 e. The lowest BCUT2D eigenvalue weighted by atomic mass is 10.2. The maximum atomic E-state index is 13.1. The molecule has 4 nitrogen and oxygen atoms in total. The third-order valence-electron chi connectivity index (χ3n) is 1.81. The quantitative estimate of drug-likeness (QED) is 0.755. The van der Waals surface area contributed by atoms with E-state index in [0.29, 0.717) is 0 Å². The summed E-state index contributed by atoms with van der Waals surface area (Å²) in [6, 6.07) is 0.964. The first-order valence-electron chi connectivity index (χ1n) is 3.68. The van der Waals surface area contributed by atoms with Crippen molar-refractivity contribution >= 4 is 32.7 Å². The molecule has 0 amide bonds. The van der Waals surface area contributed by atoms with Crippen molar-refractivity contribution in [2.24, 2.45) is 0 Å². The van der Waals surface area contributed by atoms with Crippen LogP contribution < -0.4 is 5.73 Å². The minimum absolute atomic E-state index is 0.119. The summed E-state index contributed by atoms with van der Waals surface area (Å²) in [4.78, 5) is 7.53. The molecule has 0 aliphatic heterocycles. The Balaban J connectivity index is 3.02. The Morgan fingerprint density at radius 3 is 2.86 bits per heavy atom. The average Bonchev–Trinajstić information content (AvgIpc) is 2.14. The molecule has 0 saturated heterocycles. The molecular formula is C8H5BrFN3O. The second kappa shape index (κ2) is 3.06. The monoisotopic (exact) mass is 257 g/mol. The van der Waals surface area contributed by atoms with Gasteiger partial charge in [-0.2, -0.15) is 0 Å². The number of hydrogen-bond donors (Lipinski definition) is 2. The van der Waals surface area contributed by atoms with Crippen molar-refractivity contribution < 1.29 is 9.50 Å². The summed E-state index contributed by atoms with van der Waals surface area (Å²) in [5.41, 5.74) is 5.78. The van der Waals surface area contributed by atoms with E-state index in [4.69, 9.17) is 5.73 Å². The number of rotatable bonds is 0. The lowest BCUT2D eigenvalue weighted by Crippen LogP contribution is -1.95. The molecule has 3 N–H and O–H groups in total. The molecule has 2 rings (SSSR count). The minimum atomic E-state index is -0.590. The van der Waals surface area contributed by atoms with Crippen LogP contribution >= 0.6 is 15.9 Å². The molecule has 2 aromatic rings. The summed E-state index contributed by atoms with van der Waals surface area (Å²) >= 11 is 3.02. The van der Waals surface area contributed by atoms with Crippen LogP contribution in [0.2, 0.25) is 0 Å². The highest BCUT2D eigenvalue weighted by Crippen LogP contribution is 2.34. The van der Waals surface area contributed by atoms with E-state index in [0.717, 1.165) is 6.07 Å². The van der Waals surface area contributed by atoms with Crippen molar-refractivity contribution in [1.29, 1.82) is 0 Å². The lowest BCUT2D eigenvalue weighted by Gasteiger charge is -2.05. The van der Waals surface area contributed by atoms with Gasteiger partial charge in [-0.1, -0.05) is 0 Å². The predicted molar refractivity (Wildman–Crippen MR) is 53.3 cm³/mol. The van der Waals surface area contributed by atoms with Crippen molar-refractivity contribution in [2.45, 2.75) is 0 Å². The number of nitrogen functional groups attached to an aromatic ring is 1. The Morgan fingerprint density at radius 1 is 1.43 bits per heavy atom. The Morgan fingerprint density at radius 2 is 2.14 bits per heavy atom. The lowest BCUT2D eigenvalue weighted by molar-refractivity contribution is 0.475. The van der Waals surface area contributed by atoms with E-state index in [2.05, 4.69) is 25.9 Å². The minimum Gasteiger partial charge on any atom is -0.507 e. The Labute approximate surface area is 86.7 Å². The van der Waals surface area contributed by atoms with Gasteiger partial charge < -0.3 is 10.8 Å². The molecule has 0 aliphatic carbocycles. The van der Waals surface area contributed by atoms with Gasteiger partial charge >= 0.3 is 0 Å². The van der Waals surface area contributed by atoms with Gasteiger partial charge in [0.05, 0.1) is 15.4 Å². The number of anilines is 1. The van der Waals surface area contributed by atoms with Crippen LogP contribution in [0.1, 0.15) is 0 Å². The molecule has 0 unspecified atom stereocenters. The van der Waals surface area contributed by atoms with Crippen LogP contribution in [-0.2, 0) is 0 Å². The second-order valence-corrected chi connectivity index (χ2v) is 3.47. The number of hydrogen-bond acceptors (Lipinski definition) is 4. The van der Waals surface area contributed by atoms with Crippen LogP contribution in [0.4, 0.5) is 10.2 Å². The SMILES string of the molecule is Nc1ncnc2c(Br)c(F)cc(O)c12. The molecule has 0 spiro atoms. The molecule has 0 radical (unpaired) electrons. The molecule has 6 heteroatoms. The van der Waals surface area contributed by atoms with E-state index in [9.17, 15) is 9.50 Å². The van der Waals surface area contributed by atoms with Crippen molar-refractivity contribution in [1.82, 2.24) is 9.97 Å². The molecule has 1 aromatic heterocycles. The standard InChI is InChI=1S/C8H5BrFN3O/c9-6-3(10)1-4(14)5-7(6)12-2-13-8(5)11/h1-2,14H,(H2,11,12,13). The summed E-state index contributed by atoms with van der Waals surface area (Å²) in [6.07, 6.45) is 1.21. The highest BCUT2D eigenvalue weighted by atomic mass is 79.9. The van der Waals surface area contributed by atoms with E-state index < -0.39 is 5.82 Å². The number of phenols is 1. The zero-order valence-electron chi connectivity index (χ0n) is 6.83. The number of benzene rings is 1. The zero-order valence-corrected chi connectivity index (χ0v) is 8.42. The molecule has 14 heavy (non-hydrogen) atoms. The molecule has 0 saturated carbocycles. The number of aromatic nitrogens is 2. The van der Waals surface area contributed by atoms with Gasteiger partial charge in [0, 0.05) is 6.07 Å². The fourth-order valence-electron chi connectivity index (χ4n) is 1.19. The first-order chi connectivity index (χ1) is 6.61. The summed E-state index contributed by atoms with van der Waals surface area (Å²) < 4.78 is 13.3. The van der Waals surface area contributed by atoms with Crippen LogP contribution in [0.25, 0.3) is 10.9 Å². The number of nitrogens with zero attached hydrogens (tertiary/aromatic N) is 2. The molecular weight excluding hydrogens is 253 g/mol.